The summed E-state index contributed by atoms with van der Waals surface area (Å²) in [6, 6.07) is 8.17. The highest BCUT2D eigenvalue weighted by Crippen LogP contribution is 2.23. The summed E-state index contributed by atoms with van der Waals surface area (Å²) in [5.41, 5.74) is 2.28. The molecule has 0 amide bonds. The van der Waals surface area contributed by atoms with Crippen molar-refractivity contribution in [3.05, 3.63) is 35.4 Å². The average molecular weight is 261 g/mol. The first-order chi connectivity index (χ1) is 9.20. The van der Waals surface area contributed by atoms with Gasteiger partial charge in [0.15, 0.2) is 0 Å². The monoisotopic (exact) mass is 261 g/mol. The van der Waals surface area contributed by atoms with Gasteiger partial charge in [0.25, 0.3) is 0 Å². The van der Waals surface area contributed by atoms with Crippen LogP contribution in [0.3, 0.4) is 0 Å². The van der Waals surface area contributed by atoms with Gasteiger partial charge in [0, 0.05) is 13.1 Å². The summed E-state index contributed by atoms with van der Waals surface area (Å²) in [6.45, 7) is 7.81. The SMILES string of the molecule is CCC1CCCN(CCC(O)c2ccccc2C)C1. The number of likely N-dealkylation sites (tertiary alicyclic amines) is 1. The molecule has 1 aliphatic rings. The highest BCUT2D eigenvalue weighted by molar-refractivity contribution is 5.27. The Bertz CT molecular complexity index is 391. The van der Waals surface area contributed by atoms with E-state index in [1.165, 1.54) is 37.9 Å². The summed E-state index contributed by atoms with van der Waals surface area (Å²) in [6.07, 6.45) is 4.52. The molecular formula is C17H27NO. The largest absolute Gasteiger partial charge is 0.388 e. The lowest BCUT2D eigenvalue weighted by Gasteiger charge is -2.32. The van der Waals surface area contributed by atoms with Crippen LogP contribution < -0.4 is 0 Å². The number of nitrogens with zero attached hydrogens (tertiary/aromatic N) is 1. The van der Waals surface area contributed by atoms with Gasteiger partial charge in [-0.1, -0.05) is 37.6 Å². The zero-order valence-corrected chi connectivity index (χ0v) is 12.3. The molecule has 2 nitrogen and oxygen atoms in total. The summed E-state index contributed by atoms with van der Waals surface area (Å²) in [5.74, 6) is 0.865. The number of aliphatic hydroxyl groups excluding tert-OH is 1. The second-order valence-corrected chi connectivity index (χ2v) is 5.88. The number of aliphatic hydroxyl groups is 1. The number of benzene rings is 1. The molecule has 0 saturated carbocycles. The van der Waals surface area contributed by atoms with Crippen LogP contribution in [-0.2, 0) is 0 Å². The smallest absolute Gasteiger partial charge is 0.0804 e. The number of hydrogen-bond donors (Lipinski definition) is 1. The Morgan fingerprint density at radius 2 is 2.16 bits per heavy atom. The molecule has 2 atom stereocenters. The van der Waals surface area contributed by atoms with E-state index < -0.39 is 0 Å². The third-order valence-corrected chi connectivity index (χ3v) is 4.45. The molecule has 1 saturated heterocycles. The van der Waals surface area contributed by atoms with Gasteiger partial charge in [-0.05, 0) is 49.8 Å². The molecule has 0 bridgehead atoms. The minimum absolute atomic E-state index is 0.316. The van der Waals surface area contributed by atoms with Crippen molar-refractivity contribution in [2.75, 3.05) is 19.6 Å². The standard InChI is InChI=1S/C17H27NO/c1-3-15-8-6-11-18(13-15)12-10-17(19)16-9-5-4-7-14(16)2/h4-5,7,9,15,17,19H,3,6,8,10-13H2,1-2H3. The van der Waals surface area contributed by atoms with Crippen molar-refractivity contribution in [2.24, 2.45) is 5.92 Å². The van der Waals surface area contributed by atoms with E-state index >= 15 is 0 Å². The first-order valence-electron chi connectivity index (χ1n) is 7.66. The van der Waals surface area contributed by atoms with Crippen molar-refractivity contribution in [3.63, 3.8) is 0 Å². The number of rotatable bonds is 5. The van der Waals surface area contributed by atoms with Crippen molar-refractivity contribution in [2.45, 2.75) is 45.6 Å². The Labute approximate surface area is 117 Å². The van der Waals surface area contributed by atoms with Crippen LogP contribution in [0.5, 0.6) is 0 Å². The van der Waals surface area contributed by atoms with Crippen LogP contribution in [-0.4, -0.2) is 29.6 Å². The zero-order valence-electron chi connectivity index (χ0n) is 12.3. The van der Waals surface area contributed by atoms with E-state index in [0.29, 0.717) is 0 Å². The Morgan fingerprint density at radius 1 is 1.37 bits per heavy atom. The quantitative estimate of drug-likeness (QED) is 0.876. The van der Waals surface area contributed by atoms with Gasteiger partial charge >= 0.3 is 0 Å². The molecule has 1 N–H and O–H groups in total. The highest BCUT2D eigenvalue weighted by atomic mass is 16.3. The van der Waals surface area contributed by atoms with Gasteiger partial charge in [-0.2, -0.15) is 0 Å². The average Bonchev–Trinajstić information content (AvgIpc) is 2.45. The topological polar surface area (TPSA) is 23.5 Å². The minimum Gasteiger partial charge on any atom is -0.388 e. The molecule has 2 rings (SSSR count). The van der Waals surface area contributed by atoms with Crippen LogP contribution in [0.1, 0.15) is 49.8 Å². The van der Waals surface area contributed by atoms with Gasteiger partial charge < -0.3 is 10.0 Å². The normalized spacial score (nSPS) is 22.4. The van der Waals surface area contributed by atoms with Crippen LogP contribution in [0.25, 0.3) is 0 Å². The zero-order chi connectivity index (χ0) is 13.7. The Balaban J connectivity index is 1.83. The van der Waals surface area contributed by atoms with E-state index in [1.54, 1.807) is 0 Å². The fraction of sp³-hybridized carbons (Fsp3) is 0.647. The molecule has 0 radical (unpaired) electrons. The lowest BCUT2D eigenvalue weighted by molar-refractivity contribution is 0.117. The van der Waals surface area contributed by atoms with E-state index in [4.69, 9.17) is 0 Å². The van der Waals surface area contributed by atoms with Crippen molar-refractivity contribution >= 4 is 0 Å². The van der Waals surface area contributed by atoms with Crippen LogP contribution in [0.15, 0.2) is 24.3 Å². The molecule has 0 aliphatic carbocycles. The first-order valence-corrected chi connectivity index (χ1v) is 7.66. The molecule has 1 aliphatic heterocycles. The van der Waals surface area contributed by atoms with Crippen molar-refractivity contribution < 1.29 is 5.11 Å². The minimum atomic E-state index is -0.316. The lowest BCUT2D eigenvalue weighted by Crippen LogP contribution is -2.36. The number of hydrogen-bond acceptors (Lipinski definition) is 2. The Kier molecular flexibility index (Phi) is 5.41. The maximum Gasteiger partial charge on any atom is 0.0804 e. The fourth-order valence-electron chi connectivity index (χ4n) is 3.11. The van der Waals surface area contributed by atoms with Crippen molar-refractivity contribution in [1.82, 2.24) is 4.90 Å². The summed E-state index contributed by atoms with van der Waals surface area (Å²) in [7, 11) is 0. The predicted octanol–water partition coefficient (Wildman–Crippen LogP) is 3.54. The van der Waals surface area contributed by atoms with Gasteiger partial charge in [0.2, 0.25) is 0 Å². The van der Waals surface area contributed by atoms with Crippen LogP contribution in [0.2, 0.25) is 0 Å². The Hall–Kier alpha value is -0.860. The lowest BCUT2D eigenvalue weighted by atomic mass is 9.95. The maximum absolute atomic E-state index is 10.3. The molecule has 106 valence electrons. The molecule has 0 spiro atoms. The maximum atomic E-state index is 10.3. The van der Waals surface area contributed by atoms with Crippen molar-refractivity contribution in [1.29, 1.82) is 0 Å². The summed E-state index contributed by atoms with van der Waals surface area (Å²) < 4.78 is 0. The molecule has 19 heavy (non-hydrogen) atoms. The van der Waals surface area contributed by atoms with E-state index in [0.717, 1.165) is 24.4 Å². The van der Waals surface area contributed by atoms with E-state index in [9.17, 15) is 5.11 Å². The van der Waals surface area contributed by atoms with Gasteiger partial charge in [-0.25, -0.2) is 0 Å². The Morgan fingerprint density at radius 3 is 2.89 bits per heavy atom. The van der Waals surface area contributed by atoms with Crippen molar-refractivity contribution in [3.8, 4) is 0 Å². The third-order valence-electron chi connectivity index (χ3n) is 4.45. The van der Waals surface area contributed by atoms with Gasteiger partial charge in [0.1, 0.15) is 0 Å². The summed E-state index contributed by atoms with van der Waals surface area (Å²) in [5, 5.41) is 10.3. The number of aryl methyl sites for hydroxylation is 1. The predicted molar refractivity (Wildman–Crippen MR) is 80.2 cm³/mol. The molecule has 2 heteroatoms. The van der Waals surface area contributed by atoms with Gasteiger partial charge in [-0.15, -0.1) is 0 Å². The molecule has 1 aromatic carbocycles. The summed E-state index contributed by atoms with van der Waals surface area (Å²) >= 11 is 0. The van der Waals surface area contributed by atoms with E-state index in [1.807, 2.05) is 18.2 Å². The summed E-state index contributed by atoms with van der Waals surface area (Å²) in [4.78, 5) is 2.53. The molecule has 1 heterocycles. The third kappa shape index (κ3) is 4.05. The molecule has 1 aromatic rings. The molecule has 0 aromatic heterocycles. The van der Waals surface area contributed by atoms with E-state index in [-0.39, 0.29) is 6.10 Å². The highest BCUT2D eigenvalue weighted by Gasteiger charge is 2.19. The molecule has 1 fully saturated rings. The molecular weight excluding hydrogens is 234 g/mol. The molecule has 2 unspecified atom stereocenters. The van der Waals surface area contributed by atoms with E-state index in [2.05, 4.69) is 24.8 Å². The van der Waals surface area contributed by atoms with Gasteiger partial charge in [0.05, 0.1) is 6.10 Å². The second kappa shape index (κ2) is 7.06. The van der Waals surface area contributed by atoms with Gasteiger partial charge in [-0.3, -0.25) is 0 Å². The van der Waals surface area contributed by atoms with Crippen LogP contribution in [0, 0.1) is 12.8 Å². The first kappa shape index (κ1) is 14.5. The second-order valence-electron chi connectivity index (χ2n) is 5.88. The van der Waals surface area contributed by atoms with Crippen LogP contribution in [0.4, 0.5) is 0 Å². The van der Waals surface area contributed by atoms with Crippen LogP contribution >= 0.6 is 0 Å². The fourth-order valence-corrected chi connectivity index (χ4v) is 3.11. The number of piperidine rings is 1.